The number of amides is 1. The van der Waals surface area contributed by atoms with Crippen molar-refractivity contribution in [1.82, 2.24) is 4.90 Å². The van der Waals surface area contributed by atoms with Crippen LogP contribution in [0, 0.1) is 0 Å². The molecule has 0 aliphatic heterocycles. The van der Waals surface area contributed by atoms with Gasteiger partial charge in [-0.3, -0.25) is 4.79 Å². The molecule has 2 N–H and O–H groups in total. The van der Waals surface area contributed by atoms with Crippen LogP contribution in [0.5, 0.6) is 0 Å². The molecule has 0 bridgehead atoms. The van der Waals surface area contributed by atoms with Gasteiger partial charge in [-0.2, -0.15) is 11.8 Å². The second-order valence-corrected chi connectivity index (χ2v) is 6.21. The second kappa shape index (κ2) is 7.48. The zero-order valence-electron chi connectivity index (χ0n) is 12.6. The average molecular weight is 302 g/mol. The monoisotopic (exact) mass is 302 g/mol. The predicted molar refractivity (Wildman–Crippen MR) is 91.4 cm³/mol. The third-order valence-corrected chi connectivity index (χ3v) is 4.26. The van der Waals surface area contributed by atoms with Crippen molar-refractivity contribution in [2.75, 3.05) is 19.1 Å². The fourth-order valence-corrected chi connectivity index (χ4v) is 2.90. The summed E-state index contributed by atoms with van der Waals surface area (Å²) >= 11 is 1.71. The molecule has 0 fully saturated rings. The van der Waals surface area contributed by atoms with Gasteiger partial charge in [0.25, 0.3) is 0 Å². The zero-order chi connectivity index (χ0) is 15.2. The van der Waals surface area contributed by atoms with Gasteiger partial charge in [0.2, 0.25) is 5.91 Å². The maximum atomic E-state index is 12.3. The standard InChI is InChI=1S/C17H22N2OS/c1-19(17(20)16(18)10-11-21-2)12-14-8-5-7-13-6-3-4-9-15(13)14/h3-9,16H,10-12,18H2,1-2H3/t16-/m1/s1. The van der Waals surface area contributed by atoms with Crippen LogP contribution in [0.15, 0.2) is 42.5 Å². The molecule has 0 heterocycles. The van der Waals surface area contributed by atoms with Crippen molar-refractivity contribution < 1.29 is 4.79 Å². The number of rotatable bonds is 6. The molecule has 0 aromatic heterocycles. The number of carbonyl (C=O) groups is 1. The molecule has 2 aromatic rings. The first-order chi connectivity index (χ1) is 10.1. The molecule has 2 rings (SSSR count). The molecule has 3 nitrogen and oxygen atoms in total. The first-order valence-electron chi connectivity index (χ1n) is 7.09. The molecule has 0 radical (unpaired) electrons. The van der Waals surface area contributed by atoms with E-state index in [9.17, 15) is 4.79 Å². The van der Waals surface area contributed by atoms with E-state index < -0.39 is 6.04 Å². The van der Waals surface area contributed by atoms with Gasteiger partial charge in [0, 0.05) is 13.6 Å². The predicted octanol–water partition coefficient (Wildman–Crippen LogP) is 2.88. The number of likely N-dealkylation sites (N-methyl/N-ethyl adjacent to an activating group) is 1. The van der Waals surface area contributed by atoms with Gasteiger partial charge in [0.1, 0.15) is 0 Å². The Morgan fingerprint density at radius 2 is 1.95 bits per heavy atom. The van der Waals surface area contributed by atoms with E-state index in [1.807, 2.05) is 31.5 Å². The Bertz CT molecular complexity index is 609. The van der Waals surface area contributed by atoms with Crippen LogP contribution in [-0.4, -0.2) is 35.9 Å². The van der Waals surface area contributed by atoms with Crippen molar-refractivity contribution in [3.05, 3.63) is 48.0 Å². The zero-order valence-corrected chi connectivity index (χ0v) is 13.4. The summed E-state index contributed by atoms with van der Waals surface area (Å²) in [7, 11) is 1.82. The van der Waals surface area contributed by atoms with Gasteiger partial charge in [-0.15, -0.1) is 0 Å². The highest BCUT2D eigenvalue weighted by Gasteiger charge is 2.18. The highest BCUT2D eigenvalue weighted by molar-refractivity contribution is 7.98. The minimum absolute atomic E-state index is 0.0111. The molecule has 112 valence electrons. The van der Waals surface area contributed by atoms with Gasteiger partial charge < -0.3 is 10.6 Å². The number of hydrogen-bond donors (Lipinski definition) is 1. The minimum Gasteiger partial charge on any atom is -0.340 e. The molecule has 1 atom stereocenters. The number of nitrogens with two attached hydrogens (primary N) is 1. The molecule has 4 heteroatoms. The van der Waals surface area contributed by atoms with E-state index in [4.69, 9.17) is 5.73 Å². The smallest absolute Gasteiger partial charge is 0.239 e. The van der Waals surface area contributed by atoms with E-state index >= 15 is 0 Å². The van der Waals surface area contributed by atoms with Gasteiger partial charge in [0.15, 0.2) is 0 Å². The summed E-state index contributed by atoms with van der Waals surface area (Å²) in [5.41, 5.74) is 7.12. The number of hydrogen-bond acceptors (Lipinski definition) is 3. The van der Waals surface area contributed by atoms with Crippen LogP contribution in [0.25, 0.3) is 10.8 Å². The van der Waals surface area contributed by atoms with Gasteiger partial charge in [0.05, 0.1) is 6.04 Å². The number of benzene rings is 2. The largest absolute Gasteiger partial charge is 0.340 e. The van der Waals surface area contributed by atoms with Crippen LogP contribution in [-0.2, 0) is 11.3 Å². The lowest BCUT2D eigenvalue weighted by Crippen LogP contribution is -2.41. The normalized spacial score (nSPS) is 12.3. The molecule has 0 spiro atoms. The lowest BCUT2D eigenvalue weighted by Gasteiger charge is -2.22. The Balaban J connectivity index is 2.11. The van der Waals surface area contributed by atoms with E-state index in [1.54, 1.807) is 16.7 Å². The van der Waals surface area contributed by atoms with Crippen molar-refractivity contribution >= 4 is 28.4 Å². The first kappa shape index (κ1) is 15.9. The van der Waals surface area contributed by atoms with Crippen LogP contribution in [0.1, 0.15) is 12.0 Å². The SMILES string of the molecule is CSCC[C@@H](N)C(=O)N(C)Cc1cccc2ccccc12. The van der Waals surface area contributed by atoms with Crippen molar-refractivity contribution in [3.8, 4) is 0 Å². The lowest BCUT2D eigenvalue weighted by atomic mass is 10.0. The highest BCUT2D eigenvalue weighted by Crippen LogP contribution is 2.19. The summed E-state index contributed by atoms with van der Waals surface area (Å²) < 4.78 is 0. The summed E-state index contributed by atoms with van der Waals surface area (Å²) in [6.45, 7) is 0.590. The molecule has 21 heavy (non-hydrogen) atoms. The molecule has 0 unspecified atom stereocenters. The van der Waals surface area contributed by atoms with E-state index in [1.165, 1.54) is 10.8 Å². The summed E-state index contributed by atoms with van der Waals surface area (Å²) in [6, 6.07) is 14.0. The second-order valence-electron chi connectivity index (χ2n) is 5.22. The minimum atomic E-state index is -0.405. The summed E-state index contributed by atoms with van der Waals surface area (Å²) in [6.07, 6.45) is 2.75. The van der Waals surface area contributed by atoms with Gasteiger partial charge in [-0.05, 0) is 34.8 Å². The summed E-state index contributed by atoms with van der Waals surface area (Å²) in [5, 5.41) is 2.39. The maximum absolute atomic E-state index is 12.3. The number of carbonyl (C=O) groups excluding carboxylic acids is 1. The quantitative estimate of drug-likeness (QED) is 0.892. The molecule has 0 aliphatic rings. The van der Waals surface area contributed by atoms with Crippen LogP contribution in [0.4, 0.5) is 0 Å². The molecule has 2 aromatic carbocycles. The van der Waals surface area contributed by atoms with Crippen molar-refractivity contribution in [2.45, 2.75) is 19.0 Å². The van der Waals surface area contributed by atoms with Crippen molar-refractivity contribution in [1.29, 1.82) is 0 Å². The molecular formula is C17H22N2OS. The first-order valence-corrected chi connectivity index (χ1v) is 8.49. The van der Waals surface area contributed by atoms with Crippen LogP contribution < -0.4 is 5.73 Å². The molecule has 0 aliphatic carbocycles. The topological polar surface area (TPSA) is 46.3 Å². The van der Waals surface area contributed by atoms with E-state index in [-0.39, 0.29) is 5.91 Å². The fraction of sp³-hybridized carbons (Fsp3) is 0.353. The molecule has 1 amide bonds. The number of fused-ring (bicyclic) bond motifs is 1. The van der Waals surface area contributed by atoms with Crippen LogP contribution >= 0.6 is 11.8 Å². The number of thioether (sulfide) groups is 1. The Morgan fingerprint density at radius 1 is 1.24 bits per heavy atom. The fourth-order valence-electron chi connectivity index (χ4n) is 2.42. The van der Waals surface area contributed by atoms with E-state index in [0.717, 1.165) is 17.7 Å². The molecule has 0 saturated carbocycles. The third kappa shape index (κ3) is 3.99. The Hall–Kier alpha value is -1.52. The molecular weight excluding hydrogens is 280 g/mol. The van der Waals surface area contributed by atoms with Gasteiger partial charge in [-0.1, -0.05) is 42.5 Å². The van der Waals surface area contributed by atoms with Crippen molar-refractivity contribution in [3.63, 3.8) is 0 Å². The lowest BCUT2D eigenvalue weighted by molar-refractivity contribution is -0.131. The van der Waals surface area contributed by atoms with Crippen molar-refractivity contribution in [2.24, 2.45) is 5.73 Å². The Morgan fingerprint density at radius 3 is 2.71 bits per heavy atom. The van der Waals surface area contributed by atoms with Gasteiger partial charge in [-0.25, -0.2) is 0 Å². The Labute approximate surface area is 130 Å². The Kier molecular flexibility index (Phi) is 5.65. The highest BCUT2D eigenvalue weighted by atomic mass is 32.2. The summed E-state index contributed by atoms with van der Waals surface area (Å²) in [4.78, 5) is 14.0. The third-order valence-electron chi connectivity index (χ3n) is 3.61. The van der Waals surface area contributed by atoms with Crippen LogP contribution in [0.3, 0.4) is 0 Å². The van der Waals surface area contributed by atoms with Crippen LogP contribution in [0.2, 0.25) is 0 Å². The van der Waals surface area contributed by atoms with E-state index in [2.05, 4.69) is 24.3 Å². The van der Waals surface area contributed by atoms with E-state index in [0.29, 0.717) is 6.54 Å². The average Bonchev–Trinajstić information content (AvgIpc) is 2.52. The summed E-state index contributed by atoms with van der Waals surface area (Å²) in [5.74, 6) is 0.923. The maximum Gasteiger partial charge on any atom is 0.239 e. The number of nitrogens with zero attached hydrogens (tertiary/aromatic N) is 1. The molecule has 0 saturated heterocycles. The van der Waals surface area contributed by atoms with Gasteiger partial charge >= 0.3 is 0 Å².